The summed E-state index contributed by atoms with van der Waals surface area (Å²) in [5, 5.41) is 0. The highest BCUT2D eigenvalue weighted by Crippen LogP contribution is 2.11. The summed E-state index contributed by atoms with van der Waals surface area (Å²) < 4.78 is 16.6. The number of unbranched alkanes of at least 4 members (excludes halogenated alkanes) is 12. The maximum absolute atomic E-state index is 12.6. The molecule has 0 spiro atoms. The van der Waals surface area contributed by atoms with Gasteiger partial charge < -0.3 is 14.2 Å². The molecule has 0 fully saturated rings. The molecule has 54 heavy (non-hydrogen) atoms. The molecule has 304 valence electrons. The van der Waals surface area contributed by atoms with Gasteiger partial charge in [0.25, 0.3) is 0 Å². The van der Waals surface area contributed by atoms with Gasteiger partial charge in [0.05, 0.1) is 0 Å². The lowest BCUT2D eigenvalue weighted by Gasteiger charge is -2.18. The van der Waals surface area contributed by atoms with Crippen LogP contribution in [0, 0.1) is 0 Å². The van der Waals surface area contributed by atoms with Gasteiger partial charge in [0.15, 0.2) is 6.10 Å². The number of hydrogen-bond acceptors (Lipinski definition) is 6. The van der Waals surface area contributed by atoms with Crippen LogP contribution in [0.15, 0.2) is 97.2 Å². The molecule has 0 aliphatic carbocycles. The van der Waals surface area contributed by atoms with E-state index in [9.17, 15) is 14.4 Å². The molecule has 0 aromatic carbocycles. The van der Waals surface area contributed by atoms with Crippen molar-refractivity contribution in [2.45, 2.75) is 175 Å². The highest BCUT2D eigenvalue weighted by Gasteiger charge is 2.19. The van der Waals surface area contributed by atoms with Gasteiger partial charge in [-0.15, -0.1) is 0 Å². The SMILES string of the molecule is CC\C=C/C=C\C=C/C=C\CCCCCCCC(=O)OCC(COC(=O)CCCCCC/C=C\CCCC)OC(=O)CCC/C=C\C/C=C\C/C=C\CC. The number of ether oxygens (including phenoxy) is 3. The lowest BCUT2D eigenvalue weighted by atomic mass is 10.1. The van der Waals surface area contributed by atoms with Gasteiger partial charge in [0.1, 0.15) is 13.2 Å². The van der Waals surface area contributed by atoms with Crippen molar-refractivity contribution < 1.29 is 28.6 Å². The van der Waals surface area contributed by atoms with Crippen LogP contribution in [0.1, 0.15) is 168 Å². The summed E-state index contributed by atoms with van der Waals surface area (Å²) >= 11 is 0. The Morgan fingerprint density at radius 3 is 1.43 bits per heavy atom. The Hall–Kier alpha value is -3.67. The molecule has 0 bridgehead atoms. The monoisotopic (exact) mass is 749 g/mol. The fourth-order valence-electron chi connectivity index (χ4n) is 5.22. The van der Waals surface area contributed by atoms with E-state index in [4.69, 9.17) is 14.2 Å². The van der Waals surface area contributed by atoms with E-state index in [2.05, 4.69) is 93.7 Å². The van der Waals surface area contributed by atoms with Crippen LogP contribution in [0.4, 0.5) is 0 Å². The average Bonchev–Trinajstić information content (AvgIpc) is 3.17. The van der Waals surface area contributed by atoms with Crippen molar-refractivity contribution in [3.8, 4) is 0 Å². The number of carbonyl (C=O) groups excluding carboxylic acids is 3. The van der Waals surface area contributed by atoms with Crippen LogP contribution in [0.5, 0.6) is 0 Å². The van der Waals surface area contributed by atoms with Gasteiger partial charge in [-0.05, 0) is 83.5 Å². The fraction of sp³-hybridized carbons (Fsp3) is 0.604. The minimum absolute atomic E-state index is 0.114. The zero-order chi connectivity index (χ0) is 39.4. The fourth-order valence-corrected chi connectivity index (χ4v) is 5.22. The van der Waals surface area contributed by atoms with E-state index in [1.54, 1.807) is 0 Å². The molecule has 0 aromatic rings. The van der Waals surface area contributed by atoms with Gasteiger partial charge >= 0.3 is 17.9 Å². The maximum atomic E-state index is 12.6. The van der Waals surface area contributed by atoms with Crippen molar-refractivity contribution in [2.75, 3.05) is 13.2 Å². The molecule has 1 atom stereocenters. The van der Waals surface area contributed by atoms with Gasteiger partial charge in [-0.1, -0.05) is 163 Å². The minimum atomic E-state index is -0.816. The minimum Gasteiger partial charge on any atom is -0.462 e. The number of hydrogen-bond donors (Lipinski definition) is 0. The van der Waals surface area contributed by atoms with Gasteiger partial charge in [0, 0.05) is 19.3 Å². The summed E-state index contributed by atoms with van der Waals surface area (Å²) in [5.74, 6) is -1.02. The summed E-state index contributed by atoms with van der Waals surface area (Å²) in [5.41, 5.74) is 0. The standard InChI is InChI=1S/C48H76O6/c1-4-7-10-13-16-19-22-23-24-25-27-29-32-35-38-41-47(50)53-44-45(43-52-46(49)40-37-34-31-28-21-18-15-12-9-6-3)54-48(51)42-39-36-33-30-26-20-17-14-11-8-5-2/h7-8,10-11,13,15-20,22-24,30,33,45H,4-6,9,12,14,21,25-29,31-32,34-44H2,1-3H3/b10-7-,11-8-,16-13-,18-15-,20-17-,22-19-,24-23-,33-30-. The van der Waals surface area contributed by atoms with E-state index < -0.39 is 6.10 Å². The first-order valence-electron chi connectivity index (χ1n) is 21.3. The molecule has 6 nitrogen and oxygen atoms in total. The van der Waals surface area contributed by atoms with E-state index in [-0.39, 0.29) is 37.5 Å². The molecular weight excluding hydrogens is 673 g/mol. The number of rotatable bonds is 36. The second kappa shape index (κ2) is 42.1. The van der Waals surface area contributed by atoms with E-state index >= 15 is 0 Å². The molecule has 0 aliphatic heterocycles. The summed E-state index contributed by atoms with van der Waals surface area (Å²) in [4.78, 5) is 37.6. The summed E-state index contributed by atoms with van der Waals surface area (Å²) in [6.07, 6.45) is 54.0. The smallest absolute Gasteiger partial charge is 0.306 e. The Balaban J connectivity index is 4.51. The van der Waals surface area contributed by atoms with Crippen molar-refractivity contribution in [2.24, 2.45) is 0 Å². The molecular formula is C48H76O6. The second-order valence-electron chi connectivity index (χ2n) is 13.6. The maximum Gasteiger partial charge on any atom is 0.306 e. The van der Waals surface area contributed by atoms with Gasteiger partial charge in [-0.3, -0.25) is 14.4 Å². The molecule has 6 heteroatoms. The van der Waals surface area contributed by atoms with Crippen LogP contribution < -0.4 is 0 Å². The van der Waals surface area contributed by atoms with Gasteiger partial charge in [0.2, 0.25) is 0 Å². The van der Waals surface area contributed by atoms with Crippen LogP contribution in [-0.2, 0) is 28.6 Å². The molecule has 0 N–H and O–H groups in total. The van der Waals surface area contributed by atoms with Crippen LogP contribution in [0.3, 0.4) is 0 Å². The predicted octanol–water partition coefficient (Wildman–Crippen LogP) is 13.5. The highest BCUT2D eigenvalue weighted by atomic mass is 16.6. The highest BCUT2D eigenvalue weighted by molar-refractivity contribution is 5.71. The van der Waals surface area contributed by atoms with Gasteiger partial charge in [-0.2, -0.15) is 0 Å². The van der Waals surface area contributed by atoms with E-state index in [0.29, 0.717) is 19.3 Å². The van der Waals surface area contributed by atoms with Gasteiger partial charge in [-0.25, -0.2) is 0 Å². The molecule has 0 aliphatic rings. The van der Waals surface area contributed by atoms with Crippen LogP contribution >= 0.6 is 0 Å². The normalized spacial score (nSPS) is 13.0. The quantitative estimate of drug-likeness (QED) is 0.0209. The Kier molecular flexibility index (Phi) is 39.2. The molecule has 0 saturated carbocycles. The second-order valence-corrected chi connectivity index (χ2v) is 13.6. The summed E-state index contributed by atoms with van der Waals surface area (Å²) in [7, 11) is 0. The molecule has 1 unspecified atom stereocenters. The number of esters is 3. The predicted molar refractivity (Wildman–Crippen MR) is 228 cm³/mol. The van der Waals surface area contributed by atoms with Crippen molar-refractivity contribution in [1.82, 2.24) is 0 Å². The summed E-state index contributed by atoms with van der Waals surface area (Å²) in [6, 6.07) is 0. The largest absolute Gasteiger partial charge is 0.462 e. The lowest BCUT2D eigenvalue weighted by molar-refractivity contribution is -0.167. The first-order valence-corrected chi connectivity index (χ1v) is 21.3. The molecule has 0 amide bonds. The summed E-state index contributed by atoms with van der Waals surface area (Å²) in [6.45, 7) is 6.22. The van der Waals surface area contributed by atoms with Crippen LogP contribution in [0.25, 0.3) is 0 Å². The average molecular weight is 749 g/mol. The Morgan fingerprint density at radius 2 is 0.833 bits per heavy atom. The molecule has 0 saturated heterocycles. The molecule has 0 aromatic heterocycles. The van der Waals surface area contributed by atoms with E-state index in [1.165, 1.54) is 12.8 Å². The van der Waals surface area contributed by atoms with Crippen molar-refractivity contribution >= 4 is 17.9 Å². The third kappa shape index (κ3) is 39.5. The Labute approximate surface area is 330 Å². The van der Waals surface area contributed by atoms with Crippen LogP contribution in [-0.4, -0.2) is 37.2 Å². The van der Waals surface area contributed by atoms with E-state index in [1.807, 2.05) is 24.3 Å². The first-order chi connectivity index (χ1) is 26.5. The molecule has 0 radical (unpaired) electrons. The number of carbonyl (C=O) groups is 3. The zero-order valence-corrected chi connectivity index (χ0v) is 34.4. The first kappa shape index (κ1) is 50.3. The van der Waals surface area contributed by atoms with Crippen LogP contribution in [0.2, 0.25) is 0 Å². The van der Waals surface area contributed by atoms with E-state index in [0.717, 1.165) is 109 Å². The zero-order valence-electron chi connectivity index (χ0n) is 34.4. The van der Waals surface area contributed by atoms with Crippen molar-refractivity contribution in [3.05, 3.63) is 97.2 Å². The van der Waals surface area contributed by atoms with Crippen molar-refractivity contribution in [1.29, 1.82) is 0 Å². The molecule has 0 heterocycles. The molecule has 0 rings (SSSR count). The lowest BCUT2D eigenvalue weighted by Crippen LogP contribution is -2.30. The third-order valence-electron chi connectivity index (χ3n) is 8.40. The Bertz CT molecular complexity index is 1140. The number of allylic oxidation sites excluding steroid dienone is 16. The third-order valence-corrected chi connectivity index (χ3v) is 8.40. The Morgan fingerprint density at radius 1 is 0.407 bits per heavy atom. The topological polar surface area (TPSA) is 78.9 Å². The van der Waals surface area contributed by atoms with Crippen molar-refractivity contribution in [3.63, 3.8) is 0 Å².